The van der Waals surface area contributed by atoms with Crippen molar-refractivity contribution < 1.29 is 0 Å². The zero-order valence-electron chi connectivity index (χ0n) is 11.7. The van der Waals surface area contributed by atoms with Gasteiger partial charge in [0.1, 0.15) is 0 Å². The lowest BCUT2D eigenvalue weighted by atomic mass is 9.81. The maximum atomic E-state index is 5.83. The minimum absolute atomic E-state index is 0.841. The van der Waals surface area contributed by atoms with Crippen molar-refractivity contribution in [1.82, 2.24) is 0 Å². The van der Waals surface area contributed by atoms with Crippen molar-refractivity contribution in [1.29, 1.82) is 0 Å². The number of benzene rings is 1. The SMILES string of the molecule is CCC1CCC(CNc2cc(N)ccc2C)CC1. The lowest BCUT2D eigenvalue weighted by Gasteiger charge is -2.28. The molecule has 2 rings (SSSR count). The van der Waals surface area contributed by atoms with Gasteiger partial charge in [0, 0.05) is 17.9 Å². The molecule has 0 unspecified atom stereocenters. The third kappa shape index (κ3) is 3.41. The molecule has 1 fully saturated rings. The van der Waals surface area contributed by atoms with Gasteiger partial charge in [-0.05, 0) is 49.3 Å². The maximum Gasteiger partial charge on any atom is 0.0390 e. The Morgan fingerprint density at radius 3 is 2.50 bits per heavy atom. The van der Waals surface area contributed by atoms with Gasteiger partial charge in [-0.3, -0.25) is 0 Å². The Balaban J connectivity index is 1.83. The summed E-state index contributed by atoms with van der Waals surface area (Å²) >= 11 is 0. The highest BCUT2D eigenvalue weighted by Gasteiger charge is 2.19. The molecule has 0 radical (unpaired) electrons. The van der Waals surface area contributed by atoms with Gasteiger partial charge in [0.15, 0.2) is 0 Å². The molecule has 1 aromatic carbocycles. The van der Waals surface area contributed by atoms with Crippen LogP contribution in [0.15, 0.2) is 18.2 Å². The van der Waals surface area contributed by atoms with Gasteiger partial charge >= 0.3 is 0 Å². The van der Waals surface area contributed by atoms with E-state index in [0.29, 0.717) is 0 Å². The van der Waals surface area contributed by atoms with Crippen molar-refractivity contribution in [2.75, 3.05) is 17.6 Å². The van der Waals surface area contributed by atoms with Crippen LogP contribution in [0.3, 0.4) is 0 Å². The van der Waals surface area contributed by atoms with Crippen molar-refractivity contribution in [2.45, 2.75) is 46.0 Å². The third-order valence-corrected chi connectivity index (χ3v) is 4.39. The van der Waals surface area contributed by atoms with Crippen molar-refractivity contribution >= 4 is 11.4 Å². The number of rotatable bonds is 4. The van der Waals surface area contributed by atoms with E-state index in [9.17, 15) is 0 Å². The fourth-order valence-corrected chi connectivity index (χ4v) is 2.93. The third-order valence-electron chi connectivity index (χ3n) is 4.39. The summed E-state index contributed by atoms with van der Waals surface area (Å²) in [6.07, 6.45) is 6.95. The van der Waals surface area contributed by atoms with Gasteiger partial charge in [0.25, 0.3) is 0 Å². The molecular weight excluding hydrogens is 220 g/mol. The summed E-state index contributed by atoms with van der Waals surface area (Å²) < 4.78 is 0. The highest BCUT2D eigenvalue weighted by Crippen LogP contribution is 2.31. The molecule has 1 aliphatic rings. The summed E-state index contributed by atoms with van der Waals surface area (Å²) in [6.45, 7) is 5.55. The molecule has 0 aromatic heterocycles. The van der Waals surface area contributed by atoms with Gasteiger partial charge in [0.05, 0.1) is 0 Å². The molecule has 0 amide bonds. The fraction of sp³-hybridized carbons (Fsp3) is 0.625. The van der Waals surface area contributed by atoms with Crippen LogP contribution in [0, 0.1) is 18.8 Å². The van der Waals surface area contributed by atoms with E-state index in [-0.39, 0.29) is 0 Å². The van der Waals surface area contributed by atoms with Crippen molar-refractivity contribution in [2.24, 2.45) is 11.8 Å². The fourth-order valence-electron chi connectivity index (χ4n) is 2.93. The normalized spacial score (nSPS) is 23.9. The standard InChI is InChI=1S/C16H26N2/c1-3-13-5-7-14(8-6-13)11-18-16-10-15(17)9-4-12(16)2/h4,9-10,13-14,18H,3,5-8,11,17H2,1-2H3. The van der Waals surface area contributed by atoms with Gasteiger partial charge in [-0.1, -0.05) is 32.3 Å². The van der Waals surface area contributed by atoms with Gasteiger partial charge < -0.3 is 11.1 Å². The number of nitrogens with one attached hydrogen (secondary N) is 1. The van der Waals surface area contributed by atoms with E-state index < -0.39 is 0 Å². The minimum Gasteiger partial charge on any atom is -0.399 e. The van der Waals surface area contributed by atoms with Gasteiger partial charge in [-0.2, -0.15) is 0 Å². The van der Waals surface area contributed by atoms with E-state index in [2.05, 4.69) is 25.2 Å². The molecule has 0 saturated heterocycles. The molecule has 1 aliphatic carbocycles. The molecule has 3 N–H and O–H groups in total. The van der Waals surface area contributed by atoms with Crippen LogP contribution in [-0.4, -0.2) is 6.54 Å². The second kappa shape index (κ2) is 6.12. The molecule has 1 saturated carbocycles. The number of hydrogen-bond acceptors (Lipinski definition) is 2. The van der Waals surface area contributed by atoms with Crippen LogP contribution in [0.25, 0.3) is 0 Å². The van der Waals surface area contributed by atoms with Crippen LogP contribution in [0.5, 0.6) is 0 Å². The number of nitrogens with two attached hydrogens (primary N) is 1. The summed E-state index contributed by atoms with van der Waals surface area (Å²) in [5.74, 6) is 1.82. The highest BCUT2D eigenvalue weighted by molar-refractivity contribution is 5.59. The smallest absolute Gasteiger partial charge is 0.0390 e. The van der Waals surface area contributed by atoms with Crippen LogP contribution >= 0.6 is 0 Å². The van der Waals surface area contributed by atoms with E-state index >= 15 is 0 Å². The lowest BCUT2D eigenvalue weighted by molar-refractivity contribution is 0.278. The Kier molecular flexibility index (Phi) is 4.51. The second-order valence-corrected chi connectivity index (χ2v) is 5.75. The van der Waals surface area contributed by atoms with E-state index in [1.165, 1.54) is 43.4 Å². The number of nitrogen functional groups attached to an aromatic ring is 1. The Morgan fingerprint density at radius 2 is 1.83 bits per heavy atom. The maximum absolute atomic E-state index is 5.83. The van der Waals surface area contributed by atoms with Crippen LogP contribution in [0.4, 0.5) is 11.4 Å². The Morgan fingerprint density at radius 1 is 1.17 bits per heavy atom. The molecule has 0 aliphatic heterocycles. The number of anilines is 2. The van der Waals surface area contributed by atoms with E-state index in [4.69, 9.17) is 5.73 Å². The zero-order chi connectivity index (χ0) is 13.0. The van der Waals surface area contributed by atoms with Crippen molar-refractivity contribution in [3.05, 3.63) is 23.8 Å². The second-order valence-electron chi connectivity index (χ2n) is 5.75. The summed E-state index contributed by atoms with van der Waals surface area (Å²) in [5, 5.41) is 3.58. The Labute approximate surface area is 111 Å². The first-order valence-corrected chi connectivity index (χ1v) is 7.29. The molecular formula is C16H26N2. The highest BCUT2D eigenvalue weighted by atomic mass is 14.9. The first kappa shape index (κ1) is 13.3. The summed E-state index contributed by atoms with van der Waals surface area (Å²) in [5.41, 5.74) is 9.16. The molecule has 2 nitrogen and oxygen atoms in total. The summed E-state index contributed by atoms with van der Waals surface area (Å²) in [7, 11) is 0. The monoisotopic (exact) mass is 246 g/mol. The molecule has 1 aromatic rings. The molecule has 100 valence electrons. The first-order valence-electron chi connectivity index (χ1n) is 7.29. The van der Waals surface area contributed by atoms with Crippen molar-refractivity contribution in [3.63, 3.8) is 0 Å². The first-order chi connectivity index (χ1) is 8.69. The topological polar surface area (TPSA) is 38.0 Å². The van der Waals surface area contributed by atoms with Crippen LogP contribution in [0.2, 0.25) is 0 Å². The van der Waals surface area contributed by atoms with Crippen LogP contribution in [0.1, 0.15) is 44.6 Å². The quantitative estimate of drug-likeness (QED) is 0.781. The summed E-state index contributed by atoms with van der Waals surface area (Å²) in [4.78, 5) is 0. The minimum atomic E-state index is 0.841. The van der Waals surface area contributed by atoms with Crippen LogP contribution < -0.4 is 11.1 Å². The van der Waals surface area contributed by atoms with Crippen molar-refractivity contribution in [3.8, 4) is 0 Å². The molecule has 18 heavy (non-hydrogen) atoms. The lowest BCUT2D eigenvalue weighted by Crippen LogP contribution is -2.21. The van der Waals surface area contributed by atoms with Gasteiger partial charge in [-0.15, -0.1) is 0 Å². The number of hydrogen-bond donors (Lipinski definition) is 2. The summed E-state index contributed by atoms with van der Waals surface area (Å²) in [6, 6.07) is 6.10. The largest absolute Gasteiger partial charge is 0.399 e. The van der Waals surface area contributed by atoms with E-state index in [0.717, 1.165) is 24.1 Å². The predicted octanol–water partition coefficient (Wildman–Crippen LogP) is 4.21. The Hall–Kier alpha value is -1.18. The number of aryl methyl sites for hydroxylation is 1. The molecule has 0 atom stereocenters. The molecule has 0 heterocycles. The van der Waals surface area contributed by atoms with Gasteiger partial charge in [0.2, 0.25) is 0 Å². The molecule has 0 bridgehead atoms. The Bertz CT molecular complexity index is 379. The zero-order valence-corrected chi connectivity index (χ0v) is 11.7. The predicted molar refractivity (Wildman–Crippen MR) is 79.8 cm³/mol. The average molecular weight is 246 g/mol. The van der Waals surface area contributed by atoms with Crippen LogP contribution in [-0.2, 0) is 0 Å². The molecule has 2 heteroatoms. The van der Waals surface area contributed by atoms with E-state index in [1.807, 2.05) is 12.1 Å². The molecule has 0 spiro atoms. The van der Waals surface area contributed by atoms with Gasteiger partial charge in [-0.25, -0.2) is 0 Å². The van der Waals surface area contributed by atoms with E-state index in [1.54, 1.807) is 0 Å². The average Bonchev–Trinajstić information content (AvgIpc) is 2.40.